The van der Waals surface area contributed by atoms with Gasteiger partial charge in [0.1, 0.15) is 5.52 Å². The van der Waals surface area contributed by atoms with Gasteiger partial charge in [-0.15, -0.1) is 10.2 Å². The van der Waals surface area contributed by atoms with Crippen LogP contribution >= 0.6 is 11.8 Å². The number of fused-ring (bicyclic) bond motifs is 3. The number of benzene rings is 2. The molecule has 2 heterocycles. The number of carbonyl (C=O) groups excluding carboxylic acids is 1. The largest absolute Gasteiger partial charge is 0.349 e. The van der Waals surface area contributed by atoms with Gasteiger partial charge in [0.2, 0.25) is 11.1 Å². The van der Waals surface area contributed by atoms with Gasteiger partial charge in [0, 0.05) is 11.9 Å². The highest BCUT2D eigenvalue weighted by Crippen LogP contribution is 2.27. The van der Waals surface area contributed by atoms with Crippen LogP contribution in [0, 0.1) is 0 Å². The lowest BCUT2D eigenvalue weighted by Gasteiger charge is -2.14. The Bertz CT molecular complexity index is 1190. The van der Waals surface area contributed by atoms with Crippen molar-refractivity contribution in [2.45, 2.75) is 44.9 Å². The van der Waals surface area contributed by atoms with Gasteiger partial charge in [-0.25, -0.2) is 4.98 Å². The molecule has 0 aliphatic heterocycles. The molecule has 0 saturated heterocycles. The summed E-state index contributed by atoms with van der Waals surface area (Å²) in [5, 5.41) is 13.2. The zero-order chi connectivity index (χ0) is 21.1. The lowest BCUT2D eigenvalue weighted by Crippen LogP contribution is -2.28. The molecule has 0 aliphatic rings. The number of hydrogen-bond donors (Lipinski definition) is 1. The van der Waals surface area contributed by atoms with E-state index in [9.17, 15) is 4.79 Å². The summed E-state index contributed by atoms with van der Waals surface area (Å²) in [4.78, 5) is 17.1. The molecule has 7 heteroatoms. The van der Waals surface area contributed by atoms with Crippen LogP contribution < -0.4 is 5.32 Å². The van der Waals surface area contributed by atoms with Crippen LogP contribution in [0.3, 0.4) is 0 Å². The number of para-hydroxylation sites is 1. The second-order valence-corrected chi connectivity index (χ2v) is 8.14. The minimum absolute atomic E-state index is 0.0480. The molecule has 6 nitrogen and oxygen atoms in total. The smallest absolute Gasteiger partial charge is 0.230 e. The summed E-state index contributed by atoms with van der Waals surface area (Å²) in [7, 11) is 0. The summed E-state index contributed by atoms with van der Waals surface area (Å²) < 4.78 is 2.13. The van der Waals surface area contributed by atoms with Gasteiger partial charge >= 0.3 is 0 Å². The van der Waals surface area contributed by atoms with Crippen molar-refractivity contribution in [2.75, 3.05) is 5.75 Å². The SMILES string of the molecule is CCc1ccc([C@H](C)NC(=O)CSc2nnc3c4ccccc4n(CC)c3n2)cc1. The summed E-state index contributed by atoms with van der Waals surface area (Å²) in [5.74, 6) is 0.198. The van der Waals surface area contributed by atoms with E-state index in [1.807, 2.05) is 25.1 Å². The average molecular weight is 420 g/mol. The Labute approximate surface area is 180 Å². The maximum absolute atomic E-state index is 12.4. The molecule has 30 heavy (non-hydrogen) atoms. The van der Waals surface area contributed by atoms with Gasteiger partial charge < -0.3 is 9.88 Å². The van der Waals surface area contributed by atoms with E-state index >= 15 is 0 Å². The molecular formula is C23H25N5OS. The first-order chi connectivity index (χ1) is 14.6. The average Bonchev–Trinajstić information content (AvgIpc) is 3.10. The molecule has 4 rings (SSSR count). The molecule has 154 valence electrons. The topological polar surface area (TPSA) is 72.7 Å². The van der Waals surface area contributed by atoms with Gasteiger partial charge in [-0.1, -0.05) is 61.2 Å². The fourth-order valence-electron chi connectivity index (χ4n) is 3.61. The van der Waals surface area contributed by atoms with Crippen LogP contribution in [0.1, 0.15) is 37.9 Å². The third-order valence-electron chi connectivity index (χ3n) is 5.27. The van der Waals surface area contributed by atoms with Gasteiger partial charge in [-0.2, -0.15) is 0 Å². The van der Waals surface area contributed by atoms with Crippen LogP contribution in [0.2, 0.25) is 0 Å². The fourth-order valence-corrected chi connectivity index (χ4v) is 4.20. The maximum atomic E-state index is 12.4. The summed E-state index contributed by atoms with van der Waals surface area (Å²) in [6.07, 6.45) is 1.01. The molecule has 1 N–H and O–H groups in total. The fraction of sp³-hybridized carbons (Fsp3) is 0.304. The maximum Gasteiger partial charge on any atom is 0.230 e. The van der Waals surface area contributed by atoms with Crippen molar-refractivity contribution in [3.63, 3.8) is 0 Å². The number of rotatable bonds is 7. The highest BCUT2D eigenvalue weighted by molar-refractivity contribution is 7.99. The Balaban J connectivity index is 1.45. The predicted octanol–water partition coefficient (Wildman–Crippen LogP) is 4.53. The van der Waals surface area contributed by atoms with Gasteiger partial charge in [0.25, 0.3) is 0 Å². The summed E-state index contributed by atoms with van der Waals surface area (Å²) in [6.45, 7) is 7.00. The monoisotopic (exact) mass is 419 g/mol. The Kier molecular flexibility index (Phi) is 5.99. The zero-order valence-electron chi connectivity index (χ0n) is 17.4. The lowest BCUT2D eigenvalue weighted by molar-refractivity contribution is -0.119. The van der Waals surface area contributed by atoms with Crippen LogP contribution in [0.5, 0.6) is 0 Å². The van der Waals surface area contributed by atoms with Crippen molar-refractivity contribution in [1.82, 2.24) is 25.1 Å². The number of hydrogen-bond acceptors (Lipinski definition) is 5. The molecule has 2 aromatic heterocycles. The zero-order valence-corrected chi connectivity index (χ0v) is 18.2. The van der Waals surface area contributed by atoms with Crippen molar-refractivity contribution in [2.24, 2.45) is 0 Å². The normalized spacial score (nSPS) is 12.4. The number of thioether (sulfide) groups is 1. The van der Waals surface area contributed by atoms with Crippen molar-refractivity contribution < 1.29 is 4.79 Å². The molecule has 0 saturated carbocycles. The van der Waals surface area contributed by atoms with E-state index in [0.29, 0.717) is 5.16 Å². The number of amides is 1. The van der Waals surface area contributed by atoms with E-state index < -0.39 is 0 Å². The van der Waals surface area contributed by atoms with Crippen molar-refractivity contribution >= 4 is 39.7 Å². The standard InChI is InChI=1S/C23H25N5OS/c1-4-16-10-12-17(13-11-16)15(3)24-20(29)14-30-23-25-22-21(26-27-23)18-8-6-7-9-19(18)28(22)5-2/h6-13,15H,4-5,14H2,1-3H3,(H,24,29)/t15-/m0/s1. The highest BCUT2D eigenvalue weighted by atomic mass is 32.2. The third-order valence-corrected chi connectivity index (χ3v) is 6.11. The molecule has 0 unspecified atom stereocenters. The van der Waals surface area contributed by atoms with Crippen molar-refractivity contribution in [3.05, 3.63) is 59.7 Å². The van der Waals surface area contributed by atoms with Crippen LogP contribution in [-0.2, 0) is 17.8 Å². The number of nitrogens with zero attached hydrogens (tertiary/aromatic N) is 4. The highest BCUT2D eigenvalue weighted by Gasteiger charge is 2.15. The van der Waals surface area contributed by atoms with E-state index in [1.165, 1.54) is 17.3 Å². The molecule has 2 aromatic carbocycles. The summed E-state index contributed by atoms with van der Waals surface area (Å²) in [6, 6.07) is 16.4. The molecule has 0 spiro atoms. The van der Waals surface area contributed by atoms with Crippen LogP contribution in [-0.4, -0.2) is 31.4 Å². The number of carbonyl (C=O) groups is 1. The molecule has 1 atom stereocenters. The molecule has 0 aliphatic carbocycles. The summed E-state index contributed by atoms with van der Waals surface area (Å²) in [5.41, 5.74) is 5.08. The number of nitrogens with one attached hydrogen (secondary N) is 1. The molecule has 0 radical (unpaired) electrons. The third kappa shape index (κ3) is 4.03. The van der Waals surface area contributed by atoms with Gasteiger partial charge in [-0.05, 0) is 37.5 Å². The van der Waals surface area contributed by atoms with Crippen LogP contribution in [0.25, 0.3) is 22.1 Å². The second-order valence-electron chi connectivity index (χ2n) is 7.20. The quantitative estimate of drug-likeness (QED) is 0.446. The van der Waals surface area contributed by atoms with Gasteiger partial charge in [0.05, 0.1) is 17.3 Å². The summed E-state index contributed by atoms with van der Waals surface area (Å²) >= 11 is 1.31. The van der Waals surface area contributed by atoms with E-state index in [2.05, 4.69) is 69.2 Å². The van der Waals surface area contributed by atoms with Crippen molar-refractivity contribution in [1.29, 1.82) is 0 Å². The van der Waals surface area contributed by atoms with Crippen LogP contribution in [0.4, 0.5) is 0 Å². The molecule has 0 bridgehead atoms. The van der Waals surface area contributed by atoms with Gasteiger partial charge in [-0.3, -0.25) is 4.79 Å². The van der Waals surface area contributed by atoms with E-state index in [0.717, 1.165) is 40.6 Å². The van der Waals surface area contributed by atoms with E-state index in [1.54, 1.807) is 0 Å². The Morgan fingerprint density at radius 3 is 2.60 bits per heavy atom. The molecule has 4 aromatic rings. The Hall–Kier alpha value is -2.93. The van der Waals surface area contributed by atoms with E-state index in [4.69, 9.17) is 0 Å². The Morgan fingerprint density at radius 1 is 1.10 bits per heavy atom. The first-order valence-corrected chi connectivity index (χ1v) is 11.2. The number of aromatic nitrogens is 4. The molecule has 1 amide bonds. The minimum atomic E-state index is -0.0493. The van der Waals surface area contributed by atoms with Gasteiger partial charge in [0.15, 0.2) is 5.65 Å². The Morgan fingerprint density at radius 2 is 1.87 bits per heavy atom. The first kappa shape index (κ1) is 20.3. The predicted molar refractivity (Wildman–Crippen MR) is 122 cm³/mol. The second kappa shape index (κ2) is 8.83. The molecule has 0 fully saturated rings. The minimum Gasteiger partial charge on any atom is -0.349 e. The van der Waals surface area contributed by atoms with Crippen molar-refractivity contribution in [3.8, 4) is 0 Å². The molecular weight excluding hydrogens is 394 g/mol. The van der Waals surface area contributed by atoms with E-state index in [-0.39, 0.29) is 17.7 Å². The van der Waals surface area contributed by atoms with Crippen LogP contribution in [0.15, 0.2) is 53.7 Å². The lowest BCUT2D eigenvalue weighted by atomic mass is 10.1. The number of aryl methyl sites for hydroxylation is 2. The first-order valence-electron chi connectivity index (χ1n) is 10.2.